The van der Waals surface area contributed by atoms with E-state index in [-0.39, 0.29) is 19.3 Å². The molecule has 7 N–H and O–H groups in total. The summed E-state index contributed by atoms with van der Waals surface area (Å²) < 4.78 is 9.99. The molecule has 0 amide bonds. The smallest absolute Gasteiger partial charge is 0.326 e. The van der Waals surface area contributed by atoms with E-state index in [9.17, 15) is 14.4 Å². The normalized spacial score (nSPS) is 14.6. The van der Waals surface area contributed by atoms with E-state index >= 15 is 0 Å². The number of ether oxygens (including phenoxy) is 2. The molecule has 134 valence electrons. The number of unbranched alkanes of at least 4 members (excludes halogenated alkanes) is 1. The van der Waals surface area contributed by atoms with Crippen molar-refractivity contribution in [1.82, 2.24) is 0 Å². The lowest BCUT2D eigenvalue weighted by molar-refractivity contribution is -0.190. The van der Waals surface area contributed by atoms with E-state index in [1.807, 2.05) is 0 Å². The van der Waals surface area contributed by atoms with Crippen LogP contribution in [0.25, 0.3) is 0 Å². The fourth-order valence-corrected chi connectivity index (χ4v) is 1.65. The van der Waals surface area contributed by atoms with Gasteiger partial charge in [0.15, 0.2) is 0 Å². The molecule has 0 aromatic carbocycles. The van der Waals surface area contributed by atoms with Gasteiger partial charge in [0.1, 0.15) is 12.1 Å². The second-order valence-electron chi connectivity index (χ2n) is 5.14. The maximum absolute atomic E-state index is 11.8. The van der Waals surface area contributed by atoms with Crippen LogP contribution in [-0.2, 0) is 23.9 Å². The van der Waals surface area contributed by atoms with Crippen molar-refractivity contribution in [1.29, 1.82) is 0 Å². The van der Waals surface area contributed by atoms with Crippen LogP contribution in [0.5, 0.6) is 0 Å². The lowest BCUT2D eigenvalue weighted by atomic mass is 10.1. The summed E-state index contributed by atoms with van der Waals surface area (Å²) >= 11 is 0. The molecule has 0 aromatic heterocycles. The molecule has 0 aliphatic rings. The number of hydrogen-bond donors (Lipinski definition) is 4. The number of aliphatic carboxylic acids is 1. The number of carbonyl (C=O) groups excluding carboxylic acids is 2. The molecule has 3 unspecified atom stereocenters. The Morgan fingerprint density at radius 1 is 1.00 bits per heavy atom. The molecular formula is C14H27N3O6. The van der Waals surface area contributed by atoms with Gasteiger partial charge >= 0.3 is 17.9 Å². The Morgan fingerprint density at radius 3 is 1.96 bits per heavy atom. The van der Waals surface area contributed by atoms with Crippen molar-refractivity contribution in [2.24, 2.45) is 17.2 Å². The molecule has 0 aliphatic heterocycles. The van der Waals surface area contributed by atoms with Crippen LogP contribution in [0.2, 0.25) is 0 Å². The molecule has 23 heavy (non-hydrogen) atoms. The Balaban J connectivity index is 4.29. The van der Waals surface area contributed by atoms with Crippen LogP contribution in [0.3, 0.4) is 0 Å². The molecule has 3 atom stereocenters. The summed E-state index contributed by atoms with van der Waals surface area (Å²) in [6.07, 6.45) is 0.716. The molecule has 0 bridgehead atoms. The highest BCUT2D eigenvalue weighted by Crippen LogP contribution is 2.08. The molecule has 9 heteroatoms. The van der Waals surface area contributed by atoms with Crippen molar-refractivity contribution in [3.05, 3.63) is 0 Å². The summed E-state index contributed by atoms with van der Waals surface area (Å²) in [6.45, 7) is 2.18. The first-order chi connectivity index (χ1) is 10.8. The molecule has 9 nitrogen and oxygen atoms in total. The number of esters is 2. The van der Waals surface area contributed by atoms with E-state index in [4.69, 9.17) is 31.8 Å². The first-order valence-electron chi connectivity index (χ1n) is 7.65. The Labute approximate surface area is 135 Å². The van der Waals surface area contributed by atoms with Crippen LogP contribution >= 0.6 is 0 Å². The van der Waals surface area contributed by atoms with E-state index in [1.165, 1.54) is 0 Å². The van der Waals surface area contributed by atoms with Crippen molar-refractivity contribution < 1.29 is 29.0 Å². The van der Waals surface area contributed by atoms with Crippen molar-refractivity contribution >= 4 is 17.9 Å². The molecule has 0 saturated carbocycles. The first-order valence-corrected chi connectivity index (χ1v) is 7.65. The Morgan fingerprint density at radius 2 is 1.52 bits per heavy atom. The minimum atomic E-state index is -1.09. The average molecular weight is 333 g/mol. The molecular weight excluding hydrogens is 306 g/mol. The third-order valence-electron chi connectivity index (χ3n) is 3.07. The van der Waals surface area contributed by atoms with Gasteiger partial charge in [0, 0.05) is 12.8 Å². The van der Waals surface area contributed by atoms with Gasteiger partial charge in [0.05, 0.1) is 0 Å². The zero-order valence-corrected chi connectivity index (χ0v) is 13.4. The number of nitrogens with two attached hydrogens (primary N) is 3. The molecule has 0 heterocycles. The van der Waals surface area contributed by atoms with Crippen molar-refractivity contribution in [2.45, 2.75) is 63.8 Å². The van der Waals surface area contributed by atoms with Gasteiger partial charge in [-0.3, -0.25) is 14.4 Å². The monoisotopic (exact) mass is 333 g/mol. The summed E-state index contributed by atoms with van der Waals surface area (Å²) in [5.74, 6) is -2.54. The highest BCUT2D eigenvalue weighted by Gasteiger charge is 2.24. The van der Waals surface area contributed by atoms with Crippen LogP contribution in [0.4, 0.5) is 0 Å². The highest BCUT2D eigenvalue weighted by atomic mass is 16.7. The van der Waals surface area contributed by atoms with Crippen LogP contribution in [0, 0.1) is 0 Å². The van der Waals surface area contributed by atoms with E-state index in [0.29, 0.717) is 19.4 Å². The zero-order valence-electron chi connectivity index (χ0n) is 13.4. The van der Waals surface area contributed by atoms with Gasteiger partial charge in [-0.1, -0.05) is 13.3 Å². The third-order valence-corrected chi connectivity index (χ3v) is 3.07. The SMILES string of the molecule is CCC(OC(=O)C(N)CCCCN)OC(=O)C(N)CCC(=O)O. The predicted octanol–water partition coefficient (Wildman–Crippen LogP) is -0.543. The van der Waals surface area contributed by atoms with E-state index in [1.54, 1.807) is 6.92 Å². The lowest BCUT2D eigenvalue weighted by Gasteiger charge is -2.20. The van der Waals surface area contributed by atoms with E-state index < -0.39 is 36.3 Å². The average Bonchev–Trinajstić information content (AvgIpc) is 2.51. The van der Waals surface area contributed by atoms with Crippen LogP contribution in [-0.4, -0.2) is 47.9 Å². The van der Waals surface area contributed by atoms with Crippen LogP contribution < -0.4 is 17.2 Å². The molecule has 0 rings (SSSR count). The minimum absolute atomic E-state index is 0.0584. The van der Waals surface area contributed by atoms with E-state index in [2.05, 4.69) is 0 Å². The van der Waals surface area contributed by atoms with Gasteiger partial charge < -0.3 is 31.8 Å². The van der Waals surface area contributed by atoms with Gasteiger partial charge in [0.2, 0.25) is 6.29 Å². The summed E-state index contributed by atoms with van der Waals surface area (Å²) in [5.41, 5.74) is 16.6. The fraction of sp³-hybridized carbons (Fsp3) is 0.786. The van der Waals surface area contributed by atoms with Gasteiger partial charge in [-0.05, 0) is 25.8 Å². The molecule has 0 radical (unpaired) electrons. The summed E-state index contributed by atoms with van der Waals surface area (Å²) in [5, 5.41) is 8.54. The minimum Gasteiger partial charge on any atom is -0.481 e. The van der Waals surface area contributed by atoms with Gasteiger partial charge in [-0.2, -0.15) is 0 Å². The van der Waals surface area contributed by atoms with Crippen molar-refractivity contribution in [2.75, 3.05) is 6.54 Å². The van der Waals surface area contributed by atoms with Crippen LogP contribution in [0.1, 0.15) is 45.4 Å². The predicted molar refractivity (Wildman–Crippen MR) is 82.0 cm³/mol. The Kier molecular flexibility index (Phi) is 10.9. The fourth-order valence-electron chi connectivity index (χ4n) is 1.65. The Hall–Kier alpha value is -1.71. The molecule has 0 saturated heterocycles. The largest absolute Gasteiger partial charge is 0.481 e. The van der Waals surface area contributed by atoms with Gasteiger partial charge in [-0.25, -0.2) is 0 Å². The summed E-state index contributed by atoms with van der Waals surface area (Å²) in [6, 6.07) is -1.90. The highest BCUT2D eigenvalue weighted by molar-refractivity contribution is 5.78. The molecule has 0 aliphatic carbocycles. The van der Waals surface area contributed by atoms with Gasteiger partial charge in [-0.15, -0.1) is 0 Å². The maximum atomic E-state index is 11.8. The summed E-state index contributed by atoms with van der Waals surface area (Å²) in [4.78, 5) is 33.9. The molecule has 0 fully saturated rings. The number of rotatable bonds is 12. The van der Waals surface area contributed by atoms with Gasteiger partial charge in [0.25, 0.3) is 0 Å². The van der Waals surface area contributed by atoms with E-state index in [0.717, 1.165) is 6.42 Å². The number of carboxylic acid groups (broad SMARTS) is 1. The standard InChI is InChI=1S/C14H27N3O6/c1-2-12(22-13(20)9(16)5-3-4-8-15)23-14(21)10(17)6-7-11(18)19/h9-10,12H,2-8,15-17H2,1H3,(H,18,19). The lowest BCUT2D eigenvalue weighted by Crippen LogP contribution is -2.39. The topological polar surface area (TPSA) is 168 Å². The van der Waals surface area contributed by atoms with Crippen molar-refractivity contribution in [3.63, 3.8) is 0 Å². The second kappa shape index (κ2) is 11.8. The summed E-state index contributed by atoms with van der Waals surface area (Å²) in [7, 11) is 0. The third kappa shape index (κ3) is 9.82. The second-order valence-corrected chi connectivity index (χ2v) is 5.14. The zero-order chi connectivity index (χ0) is 17.8. The number of hydrogen-bond acceptors (Lipinski definition) is 8. The molecule has 0 spiro atoms. The number of carboxylic acids is 1. The Bertz CT molecular complexity index is 391. The number of carbonyl (C=O) groups is 3. The molecule has 0 aromatic rings. The first kappa shape index (κ1) is 21.3. The maximum Gasteiger partial charge on any atom is 0.326 e. The van der Waals surface area contributed by atoms with Crippen LogP contribution in [0.15, 0.2) is 0 Å². The van der Waals surface area contributed by atoms with Crippen molar-refractivity contribution in [3.8, 4) is 0 Å². The quantitative estimate of drug-likeness (QED) is 0.208.